The molecule has 2 rings (SSSR count). The Bertz CT molecular complexity index is 838. The van der Waals surface area contributed by atoms with E-state index >= 15 is 0 Å². The van der Waals surface area contributed by atoms with Crippen molar-refractivity contribution in [2.45, 2.75) is 6.92 Å². The number of esters is 1. The Hall–Kier alpha value is -2.87. The smallest absolute Gasteiger partial charge is 0.337 e. The van der Waals surface area contributed by atoms with Crippen LogP contribution in [0, 0.1) is 6.92 Å². The van der Waals surface area contributed by atoms with Crippen LogP contribution in [0.3, 0.4) is 0 Å². The number of hydrogen-bond acceptors (Lipinski definition) is 5. The van der Waals surface area contributed by atoms with Crippen LogP contribution in [-0.2, 0) is 9.53 Å². The van der Waals surface area contributed by atoms with E-state index < -0.39 is 17.8 Å². The van der Waals surface area contributed by atoms with E-state index in [1.807, 2.05) is 13.0 Å². The van der Waals surface area contributed by atoms with E-state index in [0.29, 0.717) is 5.75 Å². The molecule has 26 heavy (non-hydrogen) atoms. The Kier molecular flexibility index (Phi) is 6.74. The van der Waals surface area contributed by atoms with Crippen molar-refractivity contribution in [2.24, 2.45) is 0 Å². The molecule has 136 valence electrons. The maximum Gasteiger partial charge on any atom is 0.337 e. The molecular formula is C18H17BrN2O5. The van der Waals surface area contributed by atoms with Gasteiger partial charge in [0.2, 0.25) is 0 Å². The van der Waals surface area contributed by atoms with Gasteiger partial charge in [0.1, 0.15) is 5.75 Å². The minimum absolute atomic E-state index is 0.206. The van der Waals surface area contributed by atoms with Crippen molar-refractivity contribution in [2.75, 3.05) is 13.7 Å². The third-order valence-corrected chi connectivity index (χ3v) is 4.25. The molecule has 0 unspecified atom stereocenters. The second kappa shape index (κ2) is 9.00. The van der Waals surface area contributed by atoms with Gasteiger partial charge in [-0.05, 0) is 48.9 Å². The van der Waals surface area contributed by atoms with Crippen LogP contribution in [0.5, 0.6) is 5.75 Å². The van der Waals surface area contributed by atoms with E-state index in [2.05, 4.69) is 31.5 Å². The molecule has 0 aliphatic rings. The lowest BCUT2D eigenvalue weighted by atomic mass is 10.1. The number of nitrogens with one attached hydrogen (secondary N) is 2. The van der Waals surface area contributed by atoms with E-state index in [0.717, 1.165) is 10.0 Å². The molecule has 0 radical (unpaired) electrons. The highest BCUT2D eigenvalue weighted by atomic mass is 79.9. The van der Waals surface area contributed by atoms with Gasteiger partial charge in [-0.2, -0.15) is 0 Å². The fourth-order valence-electron chi connectivity index (χ4n) is 2.00. The minimum atomic E-state index is -0.566. The van der Waals surface area contributed by atoms with Crippen molar-refractivity contribution in [1.29, 1.82) is 0 Å². The number of amides is 2. The first-order valence-corrected chi connectivity index (χ1v) is 8.36. The van der Waals surface area contributed by atoms with Gasteiger partial charge in [0.15, 0.2) is 6.61 Å². The molecule has 0 aliphatic heterocycles. The van der Waals surface area contributed by atoms with Crippen molar-refractivity contribution in [1.82, 2.24) is 10.9 Å². The summed E-state index contributed by atoms with van der Waals surface area (Å²) in [5.74, 6) is -1.11. The SMILES string of the molecule is COC(=O)c1cccc(C(=O)NNC(=O)COc2ccc(Br)c(C)c2)c1. The summed E-state index contributed by atoms with van der Waals surface area (Å²) in [6.07, 6.45) is 0. The van der Waals surface area contributed by atoms with Crippen molar-refractivity contribution >= 4 is 33.7 Å². The monoisotopic (exact) mass is 420 g/mol. The third-order valence-electron chi connectivity index (χ3n) is 3.36. The number of carbonyl (C=O) groups is 3. The molecular weight excluding hydrogens is 404 g/mol. The van der Waals surface area contributed by atoms with Crippen molar-refractivity contribution in [3.05, 3.63) is 63.6 Å². The lowest BCUT2D eigenvalue weighted by Crippen LogP contribution is -2.43. The number of aryl methyl sites for hydroxylation is 1. The molecule has 0 heterocycles. The maximum absolute atomic E-state index is 12.0. The normalized spacial score (nSPS) is 9.96. The molecule has 0 aromatic heterocycles. The number of carbonyl (C=O) groups excluding carboxylic acids is 3. The molecule has 0 saturated heterocycles. The average Bonchev–Trinajstić information content (AvgIpc) is 2.66. The van der Waals surface area contributed by atoms with Crippen molar-refractivity contribution in [3.63, 3.8) is 0 Å². The molecule has 7 nitrogen and oxygen atoms in total. The zero-order chi connectivity index (χ0) is 19.1. The van der Waals surface area contributed by atoms with Gasteiger partial charge in [-0.1, -0.05) is 22.0 Å². The van der Waals surface area contributed by atoms with E-state index in [1.165, 1.54) is 25.3 Å². The molecule has 2 N–H and O–H groups in total. The number of hydrazine groups is 1. The zero-order valence-corrected chi connectivity index (χ0v) is 15.8. The summed E-state index contributed by atoms with van der Waals surface area (Å²) in [5.41, 5.74) is 5.93. The molecule has 0 bridgehead atoms. The molecule has 8 heteroatoms. The highest BCUT2D eigenvalue weighted by Crippen LogP contribution is 2.21. The van der Waals surface area contributed by atoms with Gasteiger partial charge < -0.3 is 9.47 Å². The van der Waals surface area contributed by atoms with E-state index in [4.69, 9.17) is 4.74 Å². The number of rotatable bonds is 5. The Labute approximate surface area is 158 Å². The molecule has 0 spiro atoms. The number of hydrogen-bond donors (Lipinski definition) is 2. The molecule has 0 aliphatic carbocycles. The fourth-order valence-corrected chi connectivity index (χ4v) is 2.24. The van der Waals surface area contributed by atoms with Crippen LogP contribution in [0.1, 0.15) is 26.3 Å². The topological polar surface area (TPSA) is 93.7 Å². The van der Waals surface area contributed by atoms with Gasteiger partial charge in [0.05, 0.1) is 12.7 Å². The summed E-state index contributed by atoms with van der Waals surface area (Å²) in [6.45, 7) is 1.64. The van der Waals surface area contributed by atoms with Gasteiger partial charge in [-0.15, -0.1) is 0 Å². The predicted molar refractivity (Wildman–Crippen MR) is 97.8 cm³/mol. The van der Waals surface area contributed by atoms with Gasteiger partial charge in [-0.25, -0.2) is 4.79 Å². The quantitative estimate of drug-likeness (QED) is 0.571. The third kappa shape index (κ3) is 5.32. The number of methoxy groups -OCH3 is 1. The van der Waals surface area contributed by atoms with E-state index in [9.17, 15) is 14.4 Å². The zero-order valence-electron chi connectivity index (χ0n) is 14.2. The van der Waals surface area contributed by atoms with Crippen LogP contribution >= 0.6 is 15.9 Å². The van der Waals surface area contributed by atoms with Crippen molar-refractivity contribution in [3.8, 4) is 5.75 Å². The predicted octanol–water partition coefficient (Wildman–Crippen LogP) is 2.38. The standard InChI is InChI=1S/C18H17BrN2O5/c1-11-8-14(6-7-15(11)19)26-10-16(22)20-21-17(23)12-4-3-5-13(9-12)18(24)25-2/h3-9H,10H2,1-2H3,(H,20,22)(H,21,23). The van der Waals surface area contributed by atoms with Crippen LogP contribution in [0.4, 0.5) is 0 Å². The molecule has 0 fully saturated rings. The van der Waals surface area contributed by atoms with Crippen LogP contribution < -0.4 is 15.6 Å². The van der Waals surface area contributed by atoms with Gasteiger partial charge >= 0.3 is 5.97 Å². The van der Waals surface area contributed by atoms with Crippen LogP contribution in [0.25, 0.3) is 0 Å². The summed E-state index contributed by atoms with van der Waals surface area (Å²) in [7, 11) is 1.25. The Morgan fingerprint density at radius 2 is 1.77 bits per heavy atom. The Morgan fingerprint density at radius 3 is 2.46 bits per heavy atom. The van der Waals surface area contributed by atoms with Crippen LogP contribution in [0.2, 0.25) is 0 Å². The van der Waals surface area contributed by atoms with Gasteiger partial charge in [-0.3, -0.25) is 20.4 Å². The highest BCUT2D eigenvalue weighted by Gasteiger charge is 2.11. The number of benzene rings is 2. The summed E-state index contributed by atoms with van der Waals surface area (Å²) in [4.78, 5) is 35.3. The summed E-state index contributed by atoms with van der Waals surface area (Å²) in [5, 5.41) is 0. The van der Waals surface area contributed by atoms with Crippen molar-refractivity contribution < 1.29 is 23.9 Å². The minimum Gasteiger partial charge on any atom is -0.484 e. The molecule has 2 amide bonds. The second-order valence-electron chi connectivity index (χ2n) is 5.27. The Morgan fingerprint density at radius 1 is 1.04 bits per heavy atom. The lowest BCUT2D eigenvalue weighted by molar-refractivity contribution is -0.123. The first kappa shape index (κ1) is 19.5. The summed E-state index contributed by atoms with van der Waals surface area (Å²) >= 11 is 3.38. The Balaban J connectivity index is 1.85. The first-order chi connectivity index (χ1) is 12.4. The largest absolute Gasteiger partial charge is 0.484 e. The average molecular weight is 421 g/mol. The first-order valence-electron chi connectivity index (χ1n) is 7.57. The number of ether oxygens (including phenoxy) is 2. The lowest BCUT2D eigenvalue weighted by Gasteiger charge is -2.10. The van der Waals surface area contributed by atoms with Crippen LogP contribution in [-0.4, -0.2) is 31.5 Å². The maximum atomic E-state index is 12.0. The fraction of sp³-hybridized carbons (Fsp3) is 0.167. The van der Waals surface area contributed by atoms with Crippen LogP contribution in [0.15, 0.2) is 46.9 Å². The second-order valence-corrected chi connectivity index (χ2v) is 6.13. The molecule has 2 aromatic carbocycles. The van der Waals surface area contributed by atoms with Gasteiger partial charge in [0, 0.05) is 10.0 Å². The molecule has 0 atom stereocenters. The van der Waals surface area contributed by atoms with E-state index in [1.54, 1.807) is 18.2 Å². The molecule has 2 aromatic rings. The number of halogens is 1. The highest BCUT2D eigenvalue weighted by molar-refractivity contribution is 9.10. The van der Waals surface area contributed by atoms with Gasteiger partial charge in [0.25, 0.3) is 11.8 Å². The van der Waals surface area contributed by atoms with E-state index in [-0.39, 0.29) is 17.7 Å². The molecule has 0 saturated carbocycles. The summed E-state index contributed by atoms with van der Waals surface area (Å²) in [6, 6.07) is 11.3. The summed E-state index contributed by atoms with van der Waals surface area (Å²) < 4.78 is 10.9.